The molecule has 1 aliphatic carbocycles. The summed E-state index contributed by atoms with van der Waals surface area (Å²) in [7, 11) is 0. The zero-order chi connectivity index (χ0) is 18.1. The van der Waals surface area contributed by atoms with Crippen LogP contribution in [0.25, 0.3) is 10.1 Å². The van der Waals surface area contributed by atoms with Crippen LogP contribution in [0, 0.1) is 11.7 Å². The second kappa shape index (κ2) is 6.71. The third-order valence-corrected chi connectivity index (χ3v) is 7.91. The molecule has 4 aliphatic rings. The fourth-order valence-electron chi connectivity index (χ4n) is 5.00. The van der Waals surface area contributed by atoms with Gasteiger partial charge in [0.2, 0.25) is 0 Å². The van der Waals surface area contributed by atoms with Crippen molar-refractivity contribution in [1.29, 1.82) is 0 Å². The molecule has 4 heterocycles. The highest BCUT2D eigenvalue weighted by molar-refractivity contribution is 7.20. The predicted octanol–water partition coefficient (Wildman–Crippen LogP) is 4.94. The summed E-state index contributed by atoms with van der Waals surface area (Å²) in [6.07, 6.45) is 4.46. The monoisotopic (exact) mass is 408 g/mol. The Morgan fingerprint density at radius 1 is 1.22 bits per heavy atom. The van der Waals surface area contributed by atoms with E-state index in [0.29, 0.717) is 21.4 Å². The quantitative estimate of drug-likeness (QED) is 0.779. The molecule has 6 heteroatoms. The first kappa shape index (κ1) is 19.2. The van der Waals surface area contributed by atoms with Crippen molar-refractivity contribution in [3.05, 3.63) is 34.5 Å². The Morgan fingerprint density at radius 2 is 1.93 bits per heavy atom. The minimum atomic E-state index is -0.114. The van der Waals surface area contributed by atoms with Crippen LogP contribution in [0.5, 0.6) is 0 Å². The topological polar surface area (TPSA) is 32.3 Å². The van der Waals surface area contributed by atoms with Crippen molar-refractivity contribution in [1.82, 2.24) is 10.2 Å². The molecule has 2 aromatic rings. The van der Waals surface area contributed by atoms with E-state index in [-0.39, 0.29) is 35.7 Å². The van der Waals surface area contributed by atoms with Crippen molar-refractivity contribution >= 4 is 39.7 Å². The van der Waals surface area contributed by atoms with Crippen LogP contribution in [0.1, 0.15) is 60.7 Å². The Morgan fingerprint density at radius 3 is 2.56 bits per heavy atom. The first-order valence-electron chi connectivity index (χ1n) is 9.73. The van der Waals surface area contributed by atoms with E-state index in [1.807, 2.05) is 18.2 Å². The number of benzene rings is 1. The highest BCUT2D eigenvalue weighted by Gasteiger charge is 2.48. The van der Waals surface area contributed by atoms with Gasteiger partial charge < -0.3 is 5.32 Å². The van der Waals surface area contributed by atoms with E-state index >= 15 is 0 Å². The zero-order valence-corrected chi connectivity index (χ0v) is 17.4. The summed E-state index contributed by atoms with van der Waals surface area (Å²) in [5, 5.41) is 4.14. The van der Waals surface area contributed by atoms with Crippen molar-refractivity contribution in [2.45, 2.75) is 57.0 Å². The summed E-state index contributed by atoms with van der Waals surface area (Å²) in [5.41, 5.74) is 0.808. The molecular weight excluding hydrogens is 383 g/mol. The van der Waals surface area contributed by atoms with Crippen LogP contribution >= 0.6 is 23.7 Å². The molecule has 1 N–H and O–H groups in total. The van der Waals surface area contributed by atoms with E-state index in [1.54, 1.807) is 0 Å². The largest absolute Gasteiger partial charge is 0.346 e. The number of nitrogens with zero attached hydrogens (tertiary/aromatic N) is 1. The first-order valence-corrected chi connectivity index (χ1v) is 10.5. The molecule has 1 atom stereocenters. The van der Waals surface area contributed by atoms with Gasteiger partial charge in [-0.15, -0.1) is 23.7 Å². The molecule has 1 amide bonds. The molecule has 3 aliphatic heterocycles. The van der Waals surface area contributed by atoms with Gasteiger partial charge in [0.05, 0.1) is 9.58 Å². The lowest BCUT2D eigenvalue weighted by atomic mass is 9.72. The van der Waals surface area contributed by atoms with E-state index < -0.39 is 0 Å². The zero-order valence-electron chi connectivity index (χ0n) is 15.8. The average molecular weight is 409 g/mol. The SMILES string of the molecule is CC1(C)[C@H](NC(=O)c2cc3ccc(C4CC4)c(F)c3s2)C2CCN1CC2.Cl. The van der Waals surface area contributed by atoms with Gasteiger partial charge in [-0.3, -0.25) is 9.69 Å². The van der Waals surface area contributed by atoms with Gasteiger partial charge in [-0.05, 0) is 81.5 Å². The van der Waals surface area contributed by atoms with E-state index in [9.17, 15) is 9.18 Å². The molecule has 2 bridgehead atoms. The summed E-state index contributed by atoms with van der Waals surface area (Å²) >= 11 is 1.30. The second-order valence-electron chi connectivity index (χ2n) is 8.70. The molecule has 1 saturated carbocycles. The van der Waals surface area contributed by atoms with E-state index in [1.165, 1.54) is 11.3 Å². The third-order valence-electron chi connectivity index (χ3n) is 6.77. The molecule has 0 radical (unpaired) electrons. The van der Waals surface area contributed by atoms with E-state index in [4.69, 9.17) is 0 Å². The minimum Gasteiger partial charge on any atom is -0.346 e. The van der Waals surface area contributed by atoms with Gasteiger partial charge in [0, 0.05) is 11.6 Å². The maximum Gasteiger partial charge on any atom is 0.261 e. The molecule has 0 spiro atoms. The minimum absolute atomic E-state index is 0. The van der Waals surface area contributed by atoms with E-state index in [0.717, 1.165) is 49.7 Å². The third kappa shape index (κ3) is 3.08. The molecule has 1 aromatic heterocycles. The Hall–Kier alpha value is -1.17. The lowest BCUT2D eigenvalue weighted by Crippen LogP contribution is -2.69. The summed E-state index contributed by atoms with van der Waals surface area (Å²) in [4.78, 5) is 16.1. The lowest BCUT2D eigenvalue weighted by molar-refractivity contribution is -0.0377. The van der Waals surface area contributed by atoms with Crippen molar-refractivity contribution < 1.29 is 9.18 Å². The summed E-state index contributed by atoms with van der Waals surface area (Å²) in [5.74, 6) is 0.764. The van der Waals surface area contributed by atoms with Crippen LogP contribution in [-0.2, 0) is 0 Å². The van der Waals surface area contributed by atoms with Crippen LogP contribution in [0.4, 0.5) is 4.39 Å². The number of nitrogens with one attached hydrogen (secondary N) is 1. The number of hydrogen-bond acceptors (Lipinski definition) is 3. The normalized spacial score (nSPS) is 28.8. The van der Waals surface area contributed by atoms with Crippen LogP contribution < -0.4 is 5.32 Å². The van der Waals surface area contributed by atoms with Gasteiger partial charge in [0.15, 0.2) is 0 Å². The Kier molecular flexibility index (Phi) is 4.76. The lowest BCUT2D eigenvalue weighted by Gasteiger charge is -2.56. The Balaban J connectivity index is 0.00000180. The number of rotatable bonds is 3. The summed E-state index contributed by atoms with van der Waals surface area (Å²) < 4.78 is 15.4. The fourth-order valence-corrected chi connectivity index (χ4v) is 6.00. The highest BCUT2D eigenvalue weighted by Crippen LogP contribution is 2.44. The first-order chi connectivity index (χ1) is 12.4. The molecule has 3 nitrogen and oxygen atoms in total. The maximum absolute atomic E-state index is 14.8. The van der Waals surface area contributed by atoms with Crippen LogP contribution in [-0.4, -0.2) is 35.5 Å². The fraction of sp³-hybridized carbons (Fsp3) is 0.571. The number of thiophene rings is 1. The number of fused-ring (bicyclic) bond motifs is 4. The van der Waals surface area contributed by atoms with Gasteiger partial charge in [-0.25, -0.2) is 4.39 Å². The van der Waals surface area contributed by atoms with Gasteiger partial charge in [0.1, 0.15) is 5.82 Å². The molecule has 146 valence electrons. The standard InChI is InChI=1S/C21H25FN2OS.ClH/c1-21(2)19(13-7-9-24(21)10-8-13)23-20(25)16-11-14-5-6-15(12-3-4-12)17(22)18(14)26-16;/h5-6,11-13,19H,3-4,7-10H2,1-2H3,(H,23,25);1H/t19-;/m1./s1. The molecule has 1 aromatic carbocycles. The van der Waals surface area contributed by atoms with Crippen molar-refractivity contribution in [2.75, 3.05) is 13.1 Å². The highest BCUT2D eigenvalue weighted by atomic mass is 35.5. The van der Waals surface area contributed by atoms with E-state index in [2.05, 4.69) is 24.1 Å². The molecular formula is C21H26ClFN2OS. The number of amides is 1. The molecule has 4 fully saturated rings. The molecule has 6 rings (SSSR count). The smallest absolute Gasteiger partial charge is 0.261 e. The Labute approximate surface area is 169 Å². The number of piperidine rings is 3. The summed E-state index contributed by atoms with van der Waals surface area (Å²) in [6.45, 7) is 6.72. The Bertz CT molecular complexity index is 884. The van der Waals surface area contributed by atoms with Crippen LogP contribution in [0.3, 0.4) is 0 Å². The van der Waals surface area contributed by atoms with Gasteiger partial charge in [-0.1, -0.05) is 12.1 Å². The number of carbonyl (C=O) groups excluding carboxylic acids is 1. The van der Waals surface area contributed by atoms with Crippen molar-refractivity contribution in [3.8, 4) is 0 Å². The van der Waals surface area contributed by atoms with Crippen LogP contribution in [0.15, 0.2) is 18.2 Å². The second-order valence-corrected chi connectivity index (χ2v) is 9.75. The maximum atomic E-state index is 14.8. The van der Waals surface area contributed by atoms with Crippen LogP contribution in [0.2, 0.25) is 0 Å². The number of carbonyl (C=O) groups is 1. The van der Waals surface area contributed by atoms with Crippen molar-refractivity contribution in [3.63, 3.8) is 0 Å². The van der Waals surface area contributed by atoms with Gasteiger partial charge >= 0.3 is 0 Å². The predicted molar refractivity (Wildman–Crippen MR) is 111 cm³/mol. The van der Waals surface area contributed by atoms with Gasteiger partial charge in [-0.2, -0.15) is 0 Å². The number of hydrogen-bond donors (Lipinski definition) is 1. The molecule has 3 saturated heterocycles. The average Bonchev–Trinajstić information content (AvgIpc) is 3.36. The van der Waals surface area contributed by atoms with Gasteiger partial charge in [0.25, 0.3) is 5.91 Å². The van der Waals surface area contributed by atoms with Crippen molar-refractivity contribution in [2.24, 2.45) is 5.92 Å². The molecule has 0 unspecified atom stereocenters. The number of halogens is 2. The summed E-state index contributed by atoms with van der Waals surface area (Å²) in [6, 6.07) is 5.89. The molecule has 27 heavy (non-hydrogen) atoms.